The molecule has 172 valence electrons. The van der Waals surface area contributed by atoms with Crippen molar-refractivity contribution in [3.8, 4) is 11.3 Å². The zero-order valence-electron chi connectivity index (χ0n) is 18.2. The average molecular weight is 551 g/mol. The zero-order chi connectivity index (χ0) is 24.1. The summed E-state index contributed by atoms with van der Waals surface area (Å²) in [6, 6.07) is 13.3. The molecule has 0 unspecified atom stereocenters. The molecule has 0 fully saturated rings. The van der Waals surface area contributed by atoms with Crippen LogP contribution in [-0.2, 0) is 4.79 Å². The molecule has 1 aromatic heterocycles. The summed E-state index contributed by atoms with van der Waals surface area (Å²) in [5.41, 5.74) is 4.72. The van der Waals surface area contributed by atoms with E-state index in [1.807, 2.05) is 45.0 Å². The monoisotopic (exact) mass is 549 g/mol. The molecule has 33 heavy (non-hydrogen) atoms. The Morgan fingerprint density at radius 3 is 2.52 bits per heavy atom. The maximum absolute atomic E-state index is 12.7. The molecule has 0 spiro atoms. The molecule has 0 aliphatic rings. The summed E-state index contributed by atoms with van der Waals surface area (Å²) in [6.07, 6.45) is 1.40. The fraction of sp³-hybridized carbons (Fsp3) is 0.208. The highest BCUT2D eigenvalue weighted by molar-refractivity contribution is 9.10. The number of furan rings is 1. The third-order valence-corrected chi connectivity index (χ3v) is 6.00. The molecular weight excluding hydrogens is 529 g/mol. The molecule has 1 atom stereocenters. The van der Waals surface area contributed by atoms with Crippen LogP contribution in [0.5, 0.6) is 0 Å². The van der Waals surface area contributed by atoms with Crippen LogP contribution in [0.25, 0.3) is 11.3 Å². The van der Waals surface area contributed by atoms with Gasteiger partial charge in [-0.15, -0.1) is 0 Å². The number of carbonyl (C=O) groups excluding carboxylic acids is 2. The second-order valence-corrected chi connectivity index (χ2v) is 9.44. The molecule has 0 aliphatic carbocycles. The average Bonchev–Trinajstić information content (AvgIpc) is 3.20. The Balaban J connectivity index is 1.65. The Kier molecular flexibility index (Phi) is 8.35. The van der Waals surface area contributed by atoms with Gasteiger partial charge >= 0.3 is 0 Å². The summed E-state index contributed by atoms with van der Waals surface area (Å²) >= 11 is 15.5. The van der Waals surface area contributed by atoms with Gasteiger partial charge in [0.05, 0.1) is 16.8 Å². The van der Waals surface area contributed by atoms with Crippen LogP contribution in [0.2, 0.25) is 10.0 Å². The lowest BCUT2D eigenvalue weighted by atomic mass is 10.0. The van der Waals surface area contributed by atoms with Crippen molar-refractivity contribution in [3.63, 3.8) is 0 Å². The maximum atomic E-state index is 12.7. The van der Waals surface area contributed by atoms with Crippen LogP contribution in [0.3, 0.4) is 0 Å². The normalized spacial score (nSPS) is 12.2. The Morgan fingerprint density at radius 1 is 1.09 bits per heavy atom. The number of rotatable bonds is 7. The zero-order valence-corrected chi connectivity index (χ0v) is 21.3. The molecule has 0 aliphatic heterocycles. The van der Waals surface area contributed by atoms with Crippen molar-refractivity contribution >= 4 is 57.2 Å². The van der Waals surface area contributed by atoms with E-state index in [-0.39, 0.29) is 16.5 Å². The molecule has 1 heterocycles. The molecule has 2 aromatic carbocycles. The smallest absolute Gasteiger partial charge is 0.262 e. The van der Waals surface area contributed by atoms with Crippen molar-refractivity contribution in [2.75, 3.05) is 0 Å². The van der Waals surface area contributed by atoms with Crippen LogP contribution in [0.4, 0.5) is 0 Å². The van der Waals surface area contributed by atoms with E-state index in [1.54, 1.807) is 12.1 Å². The first-order valence-electron chi connectivity index (χ1n) is 10.1. The van der Waals surface area contributed by atoms with Crippen molar-refractivity contribution in [3.05, 3.63) is 79.9 Å². The molecule has 3 aromatic rings. The third-order valence-electron chi connectivity index (χ3n) is 4.79. The molecule has 0 saturated heterocycles. The highest BCUT2D eigenvalue weighted by Gasteiger charge is 2.25. The quantitative estimate of drug-likeness (QED) is 0.270. The summed E-state index contributed by atoms with van der Waals surface area (Å²) in [5, 5.41) is 7.29. The number of halogens is 3. The van der Waals surface area contributed by atoms with Crippen LogP contribution in [-0.4, -0.2) is 24.1 Å². The Hall–Kier alpha value is -2.61. The first-order valence-corrected chi connectivity index (χ1v) is 11.7. The number of nitrogens with zero attached hydrogens (tertiary/aromatic N) is 1. The largest absolute Gasteiger partial charge is 0.455 e. The molecule has 2 N–H and O–H groups in total. The van der Waals surface area contributed by atoms with Gasteiger partial charge in [-0.3, -0.25) is 9.59 Å². The van der Waals surface area contributed by atoms with E-state index in [0.717, 1.165) is 15.6 Å². The van der Waals surface area contributed by atoms with Gasteiger partial charge in [-0.05, 0) is 60.9 Å². The number of carbonyl (C=O) groups is 2. The number of benzene rings is 2. The fourth-order valence-electron chi connectivity index (χ4n) is 3.04. The second-order valence-electron chi connectivity index (χ2n) is 7.74. The van der Waals surface area contributed by atoms with Gasteiger partial charge in [0, 0.05) is 15.1 Å². The number of hydrazone groups is 1. The molecule has 6 nitrogen and oxygen atoms in total. The van der Waals surface area contributed by atoms with E-state index in [1.165, 1.54) is 18.3 Å². The van der Waals surface area contributed by atoms with Crippen molar-refractivity contribution in [2.24, 2.45) is 11.0 Å². The SMILES string of the molecule is Cc1ccc(-c2ccc(/C=N\NC(=O)[C@@H](NC(=O)c3ccc(Cl)cc3Cl)C(C)C)o2)c(Br)c1. The Morgan fingerprint density at radius 2 is 1.85 bits per heavy atom. The summed E-state index contributed by atoms with van der Waals surface area (Å²) in [7, 11) is 0. The summed E-state index contributed by atoms with van der Waals surface area (Å²) in [6.45, 7) is 5.64. The van der Waals surface area contributed by atoms with Crippen molar-refractivity contribution in [1.29, 1.82) is 0 Å². The predicted molar refractivity (Wildman–Crippen MR) is 135 cm³/mol. The van der Waals surface area contributed by atoms with Gasteiger partial charge in [-0.2, -0.15) is 5.10 Å². The first-order chi connectivity index (χ1) is 15.7. The minimum absolute atomic E-state index is 0.190. The molecule has 0 saturated carbocycles. The number of hydrogen-bond acceptors (Lipinski definition) is 4. The summed E-state index contributed by atoms with van der Waals surface area (Å²) in [4.78, 5) is 25.3. The van der Waals surface area contributed by atoms with Crippen LogP contribution in [0.1, 0.15) is 35.5 Å². The summed E-state index contributed by atoms with van der Waals surface area (Å²) < 4.78 is 6.72. The summed E-state index contributed by atoms with van der Waals surface area (Å²) in [5.74, 6) is 0.00332. The predicted octanol–water partition coefficient (Wildman–Crippen LogP) is 6.23. The maximum Gasteiger partial charge on any atom is 0.262 e. The molecule has 0 radical (unpaired) electrons. The first kappa shape index (κ1) is 25.0. The lowest BCUT2D eigenvalue weighted by Gasteiger charge is -2.20. The lowest BCUT2D eigenvalue weighted by molar-refractivity contribution is -0.123. The highest BCUT2D eigenvalue weighted by Crippen LogP contribution is 2.30. The van der Waals surface area contributed by atoms with E-state index in [0.29, 0.717) is 16.5 Å². The molecular formula is C24H22BrCl2N3O3. The van der Waals surface area contributed by atoms with Gasteiger partial charge in [-0.1, -0.05) is 59.0 Å². The minimum Gasteiger partial charge on any atom is -0.455 e. The van der Waals surface area contributed by atoms with Crippen molar-refractivity contribution in [1.82, 2.24) is 10.7 Å². The lowest BCUT2D eigenvalue weighted by Crippen LogP contribution is -2.48. The number of hydrogen-bond donors (Lipinski definition) is 2. The van der Waals surface area contributed by atoms with Crippen LogP contribution in [0, 0.1) is 12.8 Å². The second kappa shape index (κ2) is 11.0. The van der Waals surface area contributed by atoms with Gasteiger partial charge in [0.15, 0.2) is 0 Å². The van der Waals surface area contributed by atoms with Crippen LogP contribution >= 0.6 is 39.1 Å². The number of aryl methyl sites for hydroxylation is 1. The van der Waals surface area contributed by atoms with Crippen LogP contribution < -0.4 is 10.7 Å². The minimum atomic E-state index is -0.822. The van der Waals surface area contributed by atoms with Crippen molar-refractivity contribution < 1.29 is 14.0 Å². The Bertz CT molecular complexity index is 1210. The highest BCUT2D eigenvalue weighted by atomic mass is 79.9. The molecule has 3 rings (SSSR count). The number of nitrogens with one attached hydrogen (secondary N) is 2. The van der Waals surface area contributed by atoms with E-state index in [9.17, 15) is 9.59 Å². The van der Waals surface area contributed by atoms with E-state index >= 15 is 0 Å². The molecule has 2 amide bonds. The van der Waals surface area contributed by atoms with Crippen molar-refractivity contribution in [2.45, 2.75) is 26.8 Å². The van der Waals surface area contributed by atoms with Gasteiger partial charge in [0.25, 0.3) is 11.8 Å². The van der Waals surface area contributed by atoms with Gasteiger partial charge in [0.1, 0.15) is 17.6 Å². The standard InChI is InChI=1S/C24H22BrCl2N3O3/c1-13(2)22(29-23(31)18-8-5-15(26)11-20(18)27)24(32)30-28-12-16-6-9-21(33-16)17-7-4-14(3)10-19(17)25/h4-13,22H,1-3H3,(H,29,31)(H,30,32)/b28-12-/t22-/m0/s1. The van der Waals surface area contributed by atoms with Gasteiger partial charge in [-0.25, -0.2) is 5.43 Å². The van der Waals surface area contributed by atoms with Gasteiger partial charge < -0.3 is 9.73 Å². The van der Waals surface area contributed by atoms with Crippen LogP contribution in [0.15, 0.2) is 62.5 Å². The van der Waals surface area contributed by atoms with E-state index in [2.05, 4.69) is 31.8 Å². The topological polar surface area (TPSA) is 83.7 Å². The Labute approximate surface area is 210 Å². The van der Waals surface area contributed by atoms with Gasteiger partial charge in [0.2, 0.25) is 0 Å². The third kappa shape index (κ3) is 6.47. The van der Waals surface area contributed by atoms with E-state index in [4.69, 9.17) is 27.6 Å². The fourth-order valence-corrected chi connectivity index (χ4v) is 4.23. The number of amides is 2. The molecule has 0 bridgehead atoms. The van der Waals surface area contributed by atoms with E-state index < -0.39 is 17.9 Å². The molecule has 9 heteroatoms.